The molecule has 0 fully saturated rings. The third-order valence-electron chi connectivity index (χ3n) is 12.5. The summed E-state index contributed by atoms with van der Waals surface area (Å²) >= 11 is 0. The summed E-state index contributed by atoms with van der Waals surface area (Å²) in [5.41, 5.74) is 16.7. The van der Waals surface area contributed by atoms with Gasteiger partial charge in [-0.25, -0.2) is 9.97 Å². The predicted molar refractivity (Wildman–Crippen MR) is 245 cm³/mol. The average Bonchev–Trinajstić information content (AvgIpc) is 3.89. The smallest absolute Gasteiger partial charge is 0.160 e. The average molecular weight is 755 g/mol. The molecule has 0 radical (unpaired) electrons. The number of aromatic nitrogens is 4. The maximum Gasteiger partial charge on any atom is 0.160 e. The molecule has 11 aromatic rings. The minimum absolute atomic E-state index is 0.131. The number of hydrogen-bond donors (Lipinski definition) is 0. The van der Waals surface area contributed by atoms with Crippen LogP contribution < -0.4 is 0 Å². The SMILES string of the molecule is CC1(C)c2ccccc2-c2ccc(-c3cc(-c4ccccc4)nc(-c4cc(-n5c6ccccc6c6ccccc65)cc(-n5c6ccccc6c6ccccc65)c4)n3)cc21. The lowest BCUT2D eigenvalue weighted by molar-refractivity contribution is 0.660. The number of rotatable bonds is 5. The summed E-state index contributed by atoms with van der Waals surface area (Å²) < 4.78 is 4.79. The van der Waals surface area contributed by atoms with Gasteiger partial charge in [0.25, 0.3) is 0 Å². The summed E-state index contributed by atoms with van der Waals surface area (Å²) in [7, 11) is 0. The van der Waals surface area contributed by atoms with Crippen LogP contribution in [0.2, 0.25) is 0 Å². The highest BCUT2D eigenvalue weighted by Crippen LogP contribution is 2.49. The van der Waals surface area contributed by atoms with Crippen molar-refractivity contribution in [1.82, 2.24) is 19.1 Å². The van der Waals surface area contributed by atoms with Crippen molar-refractivity contribution >= 4 is 43.6 Å². The minimum atomic E-state index is -0.131. The van der Waals surface area contributed by atoms with Crippen molar-refractivity contribution in [2.75, 3.05) is 0 Å². The largest absolute Gasteiger partial charge is 0.309 e. The van der Waals surface area contributed by atoms with Gasteiger partial charge >= 0.3 is 0 Å². The lowest BCUT2D eigenvalue weighted by Gasteiger charge is -2.22. The Morgan fingerprint density at radius 2 is 0.814 bits per heavy atom. The molecule has 0 atom stereocenters. The first-order chi connectivity index (χ1) is 29.0. The molecule has 1 aliphatic rings. The second kappa shape index (κ2) is 12.7. The van der Waals surface area contributed by atoms with Gasteiger partial charge in [-0.05, 0) is 76.9 Å². The van der Waals surface area contributed by atoms with Crippen molar-refractivity contribution in [2.24, 2.45) is 0 Å². The Morgan fingerprint density at radius 1 is 0.356 bits per heavy atom. The molecular formula is C55H38N4. The van der Waals surface area contributed by atoms with Crippen molar-refractivity contribution in [3.8, 4) is 56.4 Å². The zero-order valence-electron chi connectivity index (χ0n) is 32.8. The molecule has 3 heterocycles. The maximum atomic E-state index is 5.49. The van der Waals surface area contributed by atoms with Gasteiger partial charge < -0.3 is 9.13 Å². The van der Waals surface area contributed by atoms with Crippen molar-refractivity contribution in [3.63, 3.8) is 0 Å². The normalized spacial score (nSPS) is 13.1. The molecular weight excluding hydrogens is 717 g/mol. The van der Waals surface area contributed by atoms with Crippen LogP contribution in [0, 0.1) is 0 Å². The fraction of sp³-hybridized carbons (Fsp3) is 0.0545. The van der Waals surface area contributed by atoms with Gasteiger partial charge in [-0.3, -0.25) is 0 Å². The van der Waals surface area contributed by atoms with E-state index in [1.165, 1.54) is 43.8 Å². The summed E-state index contributed by atoms with van der Waals surface area (Å²) in [6, 6.07) is 70.0. The van der Waals surface area contributed by atoms with E-state index in [9.17, 15) is 0 Å². The summed E-state index contributed by atoms with van der Waals surface area (Å²) in [4.78, 5) is 10.9. The third kappa shape index (κ3) is 5.09. The van der Waals surface area contributed by atoms with Gasteiger partial charge in [0.2, 0.25) is 0 Å². The Bertz CT molecular complexity index is 3240. The standard InChI is InChI=1S/C55H38N4/c1-55(2)46-23-11-6-18-40(46)41-29-28-36(32-47(41)55)49-34-48(35-16-4-3-5-17-35)56-54(57-49)37-30-38(58-50-24-12-7-19-42(50)43-20-8-13-25-51(43)58)33-39(31-37)59-52-26-14-9-21-44(52)45-22-10-15-27-53(45)59/h3-34H,1-2H3. The Kier molecular flexibility index (Phi) is 7.24. The van der Waals surface area contributed by atoms with Gasteiger partial charge in [0.1, 0.15) is 0 Å². The van der Waals surface area contributed by atoms with Crippen LogP contribution in [-0.4, -0.2) is 19.1 Å². The Morgan fingerprint density at radius 3 is 1.37 bits per heavy atom. The van der Waals surface area contributed by atoms with Crippen molar-refractivity contribution in [1.29, 1.82) is 0 Å². The molecule has 8 aromatic carbocycles. The Hall–Kier alpha value is -7.56. The lowest BCUT2D eigenvalue weighted by Crippen LogP contribution is -2.14. The number of benzene rings is 8. The summed E-state index contributed by atoms with van der Waals surface area (Å²) in [5, 5.41) is 4.88. The first-order valence-corrected chi connectivity index (χ1v) is 20.3. The fourth-order valence-electron chi connectivity index (χ4n) is 9.73. The molecule has 0 unspecified atom stereocenters. The van der Waals surface area contributed by atoms with Crippen LogP contribution in [0.25, 0.3) is 100 Å². The third-order valence-corrected chi connectivity index (χ3v) is 12.5. The monoisotopic (exact) mass is 754 g/mol. The highest BCUT2D eigenvalue weighted by Gasteiger charge is 2.35. The predicted octanol–water partition coefficient (Wildman–Crippen LogP) is 14.0. The highest BCUT2D eigenvalue weighted by atomic mass is 15.0. The second-order valence-electron chi connectivity index (χ2n) is 16.2. The zero-order valence-corrected chi connectivity index (χ0v) is 32.8. The van der Waals surface area contributed by atoms with Crippen LogP contribution in [-0.2, 0) is 5.41 Å². The molecule has 0 saturated carbocycles. The van der Waals surface area contributed by atoms with Gasteiger partial charge in [-0.15, -0.1) is 0 Å². The van der Waals surface area contributed by atoms with E-state index in [1.807, 2.05) is 0 Å². The molecule has 4 heteroatoms. The van der Waals surface area contributed by atoms with Crippen LogP contribution >= 0.6 is 0 Å². The molecule has 0 saturated heterocycles. The number of fused-ring (bicyclic) bond motifs is 9. The van der Waals surface area contributed by atoms with E-state index in [0.717, 1.165) is 61.5 Å². The Balaban J connectivity index is 1.14. The number of nitrogens with zero attached hydrogens (tertiary/aromatic N) is 4. The molecule has 0 spiro atoms. The molecule has 3 aromatic heterocycles. The Labute approximate surface area is 342 Å². The van der Waals surface area contributed by atoms with Crippen molar-refractivity contribution < 1.29 is 0 Å². The molecule has 4 nitrogen and oxygen atoms in total. The van der Waals surface area contributed by atoms with E-state index in [2.05, 4.69) is 217 Å². The second-order valence-corrected chi connectivity index (χ2v) is 16.2. The quantitative estimate of drug-likeness (QED) is 0.175. The maximum absolute atomic E-state index is 5.49. The van der Waals surface area contributed by atoms with Crippen molar-refractivity contribution in [3.05, 3.63) is 205 Å². The number of hydrogen-bond acceptors (Lipinski definition) is 2. The van der Waals surface area contributed by atoms with Crippen LogP contribution in [0.15, 0.2) is 194 Å². The van der Waals surface area contributed by atoms with E-state index in [0.29, 0.717) is 5.82 Å². The minimum Gasteiger partial charge on any atom is -0.309 e. The molecule has 59 heavy (non-hydrogen) atoms. The van der Waals surface area contributed by atoms with E-state index >= 15 is 0 Å². The topological polar surface area (TPSA) is 35.6 Å². The van der Waals surface area contributed by atoms with Crippen LogP contribution in [0.3, 0.4) is 0 Å². The van der Waals surface area contributed by atoms with E-state index in [-0.39, 0.29) is 5.41 Å². The molecule has 0 N–H and O–H groups in total. The first kappa shape index (κ1) is 33.6. The van der Waals surface area contributed by atoms with Crippen LogP contribution in [0.1, 0.15) is 25.0 Å². The summed E-state index contributed by atoms with van der Waals surface area (Å²) in [5.74, 6) is 0.675. The zero-order chi connectivity index (χ0) is 39.2. The molecule has 278 valence electrons. The highest BCUT2D eigenvalue weighted by molar-refractivity contribution is 6.10. The van der Waals surface area contributed by atoms with Gasteiger partial charge in [-0.2, -0.15) is 0 Å². The molecule has 0 aliphatic heterocycles. The first-order valence-electron chi connectivity index (χ1n) is 20.3. The fourth-order valence-corrected chi connectivity index (χ4v) is 9.73. The van der Waals surface area contributed by atoms with Gasteiger partial charge in [-0.1, -0.05) is 153 Å². The van der Waals surface area contributed by atoms with Crippen LogP contribution in [0.4, 0.5) is 0 Å². The molecule has 1 aliphatic carbocycles. The molecule has 0 bridgehead atoms. The van der Waals surface area contributed by atoms with Gasteiger partial charge in [0.15, 0.2) is 5.82 Å². The summed E-state index contributed by atoms with van der Waals surface area (Å²) in [6.07, 6.45) is 0. The van der Waals surface area contributed by atoms with E-state index in [4.69, 9.17) is 9.97 Å². The lowest BCUT2D eigenvalue weighted by atomic mass is 9.82. The van der Waals surface area contributed by atoms with Crippen LogP contribution in [0.5, 0.6) is 0 Å². The number of para-hydroxylation sites is 4. The van der Waals surface area contributed by atoms with E-state index < -0.39 is 0 Å². The van der Waals surface area contributed by atoms with E-state index in [1.54, 1.807) is 0 Å². The summed E-state index contributed by atoms with van der Waals surface area (Å²) in [6.45, 7) is 4.66. The van der Waals surface area contributed by atoms with Gasteiger partial charge in [0.05, 0.1) is 33.5 Å². The van der Waals surface area contributed by atoms with Gasteiger partial charge in [0, 0.05) is 55.0 Å². The molecule has 0 amide bonds. The van der Waals surface area contributed by atoms with Crippen molar-refractivity contribution in [2.45, 2.75) is 19.3 Å². The molecule has 12 rings (SSSR count).